The first kappa shape index (κ1) is 14.0. The van der Waals surface area contributed by atoms with Gasteiger partial charge in [0, 0.05) is 10.9 Å². The number of benzene rings is 2. The first-order valence-corrected chi connectivity index (χ1v) is 7.40. The Morgan fingerprint density at radius 3 is 2.52 bits per heavy atom. The Balaban J connectivity index is 1.79. The molecule has 0 spiro atoms. The molecule has 106 valence electrons. The van der Waals surface area contributed by atoms with E-state index in [1.54, 1.807) is 0 Å². The molecule has 1 aromatic heterocycles. The van der Waals surface area contributed by atoms with Crippen LogP contribution in [0.5, 0.6) is 0 Å². The molecule has 0 fully saturated rings. The molecule has 0 bridgehead atoms. The molecule has 2 N–H and O–H groups in total. The normalized spacial score (nSPS) is 12.3. The molecule has 2 aromatic carbocycles. The molecule has 0 saturated carbocycles. The zero-order chi connectivity index (χ0) is 14.7. The molecule has 0 radical (unpaired) electrons. The van der Waals surface area contributed by atoms with Crippen LogP contribution in [0.3, 0.4) is 0 Å². The number of nitrogens with zero attached hydrogens (tertiary/aromatic N) is 2. The number of aromatic nitrogens is 2. The Labute approximate surface area is 131 Å². The molecule has 21 heavy (non-hydrogen) atoms. The Kier molecular flexibility index (Phi) is 4.13. The Hall–Kier alpha value is -1.98. The standard InChI is InChI=1S/C16H14BrN3O/c17-13-9-5-4-8-12(13)10-14-19-16(21-20-14)15(18)11-6-2-1-3-7-11/h1-9,15H,10,18H2/t15-/m1/s1. The van der Waals surface area contributed by atoms with Crippen molar-refractivity contribution in [2.24, 2.45) is 5.73 Å². The van der Waals surface area contributed by atoms with Crippen molar-refractivity contribution in [2.45, 2.75) is 12.5 Å². The summed E-state index contributed by atoms with van der Waals surface area (Å²) in [5, 5.41) is 4.01. The number of halogens is 1. The van der Waals surface area contributed by atoms with Crippen LogP contribution in [-0.4, -0.2) is 10.1 Å². The van der Waals surface area contributed by atoms with Gasteiger partial charge in [0.15, 0.2) is 5.82 Å². The van der Waals surface area contributed by atoms with E-state index in [1.807, 2.05) is 54.6 Å². The van der Waals surface area contributed by atoms with Gasteiger partial charge in [0.25, 0.3) is 0 Å². The van der Waals surface area contributed by atoms with Crippen molar-refractivity contribution in [2.75, 3.05) is 0 Å². The molecule has 0 unspecified atom stereocenters. The van der Waals surface area contributed by atoms with Gasteiger partial charge in [0.2, 0.25) is 5.89 Å². The molecule has 1 atom stereocenters. The molecule has 0 saturated heterocycles. The lowest BCUT2D eigenvalue weighted by molar-refractivity contribution is 0.363. The van der Waals surface area contributed by atoms with Gasteiger partial charge in [0.1, 0.15) is 6.04 Å². The Morgan fingerprint density at radius 2 is 1.76 bits per heavy atom. The van der Waals surface area contributed by atoms with Crippen LogP contribution in [0.4, 0.5) is 0 Å². The minimum Gasteiger partial charge on any atom is -0.337 e. The van der Waals surface area contributed by atoms with Gasteiger partial charge in [-0.3, -0.25) is 0 Å². The van der Waals surface area contributed by atoms with Gasteiger partial charge in [0.05, 0.1) is 0 Å². The minimum atomic E-state index is -0.397. The maximum absolute atomic E-state index is 6.15. The molecular formula is C16H14BrN3O. The van der Waals surface area contributed by atoms with E-state index in [1.165, 1.54) is 0 Å². The van der Waals surface area contributed by atoms with Crippen LogP contribution in [0.2, 0.25) is 0 Å². The largest absolute Gasteiger partial charge is 0.337 e. The predicted octanol–water partition coefficient (Wildman–Crippen LogP) is 3.47. The summed E-state index contributed by atoms with van der Waals surface area (Å²) in [6.07, 6.45) is 0.604. The zero-order valence-corrected chi connectivity index (χ0v) is 12.8. The van der Waals surface area contributed by atoms with Crippen molar-refractivity contribution >= 4 is 15.9 Å². The van der Waals surface area contributed by atoms with Crippen molar-refractivity contribution < 1.29 is 4.52 Å². The highest BCUT2D eigenvalue weighted by molar-refractivity contribution is 9.10. The van der Waals surface area contributed by atoms with E-state index < -0.39 is 6.04 Å². The van der Waals surface area contributed by atoms with Gasteiger partial charge in [-0.1, -0.05) is 69.6 Å². The quantitative estimate of drug-likeness (QED) is 0.787. The lowest BCUT2D eigenvalue weighted by atomic mass is 10.1. The van der Waals surface area contributed by atoms with E-state index in [-0.39, 0.29) is 0 Å². The molecule has 3 rings (SSSR count). The molecule has 0 aliphatic heterocycles. The van der Waals surface area contributed by atoms with Gasteiger partial charge >= 0.3 is 0 Å². The zero-order valence-electron chi connectivity index (χ0n) is 11.2. The molecule has 1 heterocycles. The molecule has 0 amide bonds. The van der Waals surface area contributed by atoms with Crippen molar-refractivity contribution in [1.82, 2.24) is 10.1 Å². The summed E-state index contributed by atoms with van der Waals surface area (Å²) in [5.74, 6) is 1.06. The van der Waals surface area contributed by atoms with Crippen molar-refractivity contribution in [3.05, 3.63) is 81.9 Å². The van der Waals surface area contributed by atoms with Crippen molar-refractivity contribution in [3.8, 4) is 0 Å². The summed E-state index contributed by atoms with van der Waals surface area (Å²) in [6, 6.07) is 17.3. The van der Waals surface area contributed by atoms with Crippen molar-refractivity contribution in [1.29, 1.82) is 0 Å². The molecule has 0 aliphatic rings. The van der Waals surface area contributed by atoms with E-state index in [0.29, 0.717) is 18.1 Å². The Bertz CT molecular complexity index is 727. The summed E-state index contributed by atoms with van der Waals surface area (Å²) < 4.78 is 6.32. The second kappa shape index (κ2) is 6.20. The fourth-order valence-electron chi connectivity index (χ4n) is 2.08. The van der Waals surface area contributed by atoms with Crippen LogP contribution in [0, 0.1) is 0 Å². The minimum absolute atomic E-state index is 0.397. The first-order valence-electron chi connectivity index (χ1n) is 6.60. The second-order valence-electron chi connectivity index (χ2n) is 4.71. The lowest BCUT2D eigenvalue weighted by Crippen LogP contribution is -2.12. The SMILES string of the molecule is N[C@H](c1ccccc1)c1nc(Cc2ccccc2Br)no1. The summed E-state index contributed by atoms with van der Waals surface area (Å²) >= 11 is 3.52. The van der Waals surface area contributed by atoms with E-state index in [2.05, 4.69) is 26.1 Å². The van der Waals surface area contributed by atoms with Crippen LogP contribution in [0.15, 0.2) is 63.6 Å². The summed E-state index contributed by atoms with van der Waals surface area (Å²) in [5.41, 5.74) is 8.21. The lowest BCUT2D eigenvalue weighted by Gasteiger charge is -2.05. The van der Waals surface area contributed by atoms with Gasteiger partial charge < -0.3 is 10.3 Å². The monoisotopic (exact) mass is 343 g/mol. The maximum atomic E-state index is 6.15. The second-order valence-corrected chi connectivity index (χ2v) is 5.56. The fraction of sp³-hybridized carbons (Fsp3) is 0.125. The summed E-state index contributed by atoms with van der Waals surface area (Å²) in [7, 11) is 0. The summed E-state index contributed by atoms with van der Waals surface area (Å²) in [6.45, 7) is 0. The van der Waals surface area contributed by atoms with Crippen molar-refractivity contribution in [3.63, 3.8) is 0 Å². The maximum Gasteiger partial charge on any atom is 0.248 e. The topological polar surface area (TPSA) is 64.9 Å². The number of rotatable bonds is 4. The fourth-order valence-corrected chi connectivity index (χ4v) is 2.51. The Morgan fingerprint density at radius 1 is 1.05 bits per heavy atom. The average Bonchev–Trinajstić information content (AvgIpc) is 2.98. The third-order valence-corrected chi connectivity index (χ3v) is 3.99. The van der Waals surface area contributed by atoms with E-state index in [0.717, 1.165) is 15.6 Å². The average molecular weight is 344 g/mol. The number of nitrogens with two attached hydrogens (primary N) is 1. The molecule has 4 nitrogen and oxygen atoms in total. The highest BCUT2D eigenvalue weighted by Crippen LogP contribution is 2.21. The van der Waals surface area contributed by atoms with E-state index in [4.69, 9.17) is 10.3 Å². The van der Waals surface area contributed by atoms with Gasteiger partial charge in [-0.2, -0.15) is 4.98 Å². The van der Waals surface area contributed by atoms with Crippen LogP contribution in [0.1, 0.15) is 28.9 Å². The highest BCUT2D eigenvalue weighted by Gasteiger charge is 2.17. The predicted molar refractivity (Wildman–Crippen MR) is 83.7 cm³/mol. The molecule has 3 aromatic rings. The third kappa shape index (κ3) is 3.20. The molecule has 0 aliphatic carbocycles. The van der Waals surface area contributed by atoms with Crippen LogP contribution < -0.4 is 5.73 Å². The van der Waals surface area contributed by atoms with Gasteiger partial charge in [-0.15, -0.1) is 0 Å². The van der Waals surface area contributed by atoms with E-state index >= 15 is 0 Å². The number of hydrogen-bond donors (Lipinski definition) is 1. The first-order chi connectivity index (χ1) is 10.2. The molecule has 5 heteroatoms. The van der Waals surface area contributed by atoms with Crippen LogP contribution >= 0.6 is 15.9 Å². The third-order valence-electron chi connectivity index (χ3n) is 3.21. The van der Waals surface area contributed by atoms with Crippen LogP contribution in [0.25, 0.3) is 0 Å². The van der Waals surface area contributed by atoms with Crippen LogP contribution in [-0.2, 0) is 6.42 Å². The van der Waals surface area contributed by atoms with Gasteiger partial charge in [-0.05, 0) is 17.2 Å². The highest BCUT2D eigenvalue weighted by atomic mass is 79.9. The number of hydrogen-bond acceptors (Lipinski definition) is 4. The smallest absolute Gasteiger partial charge is 0.248 e. The van der Waals surface area contributed by atoms with E-state index in [9.17, 15) is 0 Å². The van der Waals surface area contributed by atoms with Gasteiger partial charge in [-0.25, -0.2) is 0 Å². The summed E-state index contributed by atoms with van der Waals surface area (Å²) in [4.78, 5) is 4.40. The molecular weight excluding hydrogens is 330 g/mol.